The quantitative estimate of drug-likeness (QED) is 0.384. The molecule has 4 N–H and O–H groups in total. The number of alkyl halides is 3. The highest BCUT2D eigenvalue weighted by Gasteiger charge is 2.50. The van der Waals surface area contributed by atoms with Crippen molar-refractivity contribution in [2.45, 2.75) is 25.3 Å². The van der Waals surface area contributed by atoms with Gasteiger partial charge in [-0.3, -0.25) is 10.4 Å². The number of benzene rings is 1. The Kier molecular flexibility index (Phi) is 5.59. The number of rotatable bonds is 5. The third kappa shape index (κ3) is 4.21. The number of pyridine rings is 1. The maximum absolute atomic E-state index is 13.4. The van der Waals surface area contributed by atoms with Crippen LogP contribution in [0.3, 0.4) is 0 Å². The van der Waals surface area contributed by atoms with Crippen LogP contribution in [0.2, 0.25) is 0 Å². The summed E-state index contributed by atoms with van der Waals surface area (Å²) in [6.07, 6.45) is 0.619. The van der Waals surface area contributed by atoms with Gasteiger partial charge in [-0.15, -0.1) is 0 Å². The number of hydrogen-bond acceptors (Lipinski definition) is 5. The summed E-state index contributed by atoms with van der Waals surface area (Å²) < 4.78 is 51.6. The number of amidine groups is 1. The van der Waals surface area contributed by atoms with Crippen LogP contribution in [0.4, 0.5) is 13.2 Å². The molecule has 2 atom stereocenters. The number of nitrogens with one attached hydrogen (secondary N) is 1. The Balaban J connectivity index is 1.66. The predicted molar refractivity (Wildman–Crippen MR) is 108 cm³/mol. The molecule has 1 unspecified atom stereocenters. The van der Waals surface area contributed by atoms with Gasteiger partial charge in [-0.2, -0.15) is 13.2 Å². The second-order valence-corrected chi connectivity index (χ2v) is 7.34. The fourth-order valence-corrected chi connectivity index (χ4v) is 3.94. The van der Waals surface area contributed by atoms with Gasteiger partial charge in [-0.05, 0) is 35.7 Å². The second kappa shape index (κ2) is 8.20. The fourth-order valence-electron chi connectivity index (χ4n) is 3.94. The molecular weight excluding hydrogens is 410 g/mol. The summed E-state index contributed by atoms with van der Waals surface area (Å²) in [5.74, 6) is -0.571. The van der Waals surface area contributed by atoms with Crippen LogP contribution < -0.4 is 10.5 Å². The van der Waals surface area contributed by atoms with Gasteiger partial charge in [0, 0.05) is 23.9 Å². The minimum Gasteiger partial charge on any atom is -0.488 e. The van der Waals surface area contributed by atoms with Gasteiger partial charge >= 0.3 is 13.3 Å². The average Bonchev–Trinajstić information content (AvgIpc) is 3.09. The summed E-state index contributed by atoms with van der Waals surface area (Å²) in [6, 6.07) is 8.37. The summed E-state index contributed by atoms with van der Waals surface area (Å²) >= 11 is 0. The smallest absolute Gasteiger partial charge is 0.488 e. The first-order valence-electron chi connectivity index (χ1n) is 9.57. The van der Waals surface area contributed by atoms with E-state index in [0.29, 0.717) is 23.3 Å². The molecule has 31 heavy (non-hydrogen) atoms. The van der Waals surface area contributed by atoms with Crippen molar-refractivity contribution in [1.82, 2.24) is 4.98 Å². The number of hydrogen-bond donors (Lipinski definition) is 3. The van der Waals surface area contributed by atoms with Crippen molar-refractivity contribution >= 4 is 13.0 Å². The zero-order chi connectivity index (χ0) is 22.2. The number of halogens is 3. The number of aromatic nitrogens is 1. The van der Waals surface area contributed by atoms with E-state index in [0.717, 1.165) is 11.6 Å². The lowest BCUT2D eigenvalue weighted by molar-refractivity contribution is -0.0893. The van der Waals surface area contributed by atoms with E-state index in [1.165, 1.54) is 6.08 Å². The van der Waals surface area contributed by atoms with Crippen molar-refractivity contribution in [3.63, 3.8) is 0 Å². The highest BCUT2D eigenvalue weighted by atomic mass is 19.4. The molecule has 6 nitrogen and oxygen atoms in total. The lowest BCUT2D eigenvalue weighted by Crippen LogP contribution is -2.24. The van der Waals surface area contributed by atoms with E-state index >= 15 is 0 Å². The fraction of sp³-hybridized carbons (Fsp3) is 0.238. The first-order valence-corrected chi connectivity index (χ1v) is 9.57. The Hall–Kier alpha value is -3.11. The topological polar surface area (TPSA) is 101 Å². The van der Waals surface area contributed by atoms with Crippen LogP contribution in [0.25, 0.3) is 0 Å². The number of ether oxygens (including phenoxy) is 1. The Morgan fingerprint density at radius 3 is 2.84 bits per heavy atom. The third-order valence-electron chi connectivity index (χ3n) is 5.34. The van der Waals surface area contributed by atoms with E-state index in [4.69, 9.17) is 20.5 Å². The van der Waals surface area contributed by atoms with Crippen LogP contribution in [0.1, 0.15) is 29.2 Å². The molecule has 2 heterocycles. The van der Waals surface area contributed by atoms with Crippen LogP contribution in [0.5, 0.6) is 5.75 Å². The summed E-state index contributed by atoms with van der Waals surface area (Å²) in [4.78, 5) is 4.02. The number of nitrogens with two attached hydrogens (primary N) is 1. The molecule has 1 aromatic heterocycles. The normalized spacial score (nSPS) is 20.7. The second-order valence-electron chi connectivity index (χ2n) is 7.34. The van der Waals surface area contributed by atoms with Crippen molar-refractivity contribution in [1.29, 1.82) is 5.41 Å². The van der Waals surface area contributed by atoms with E-state index in [2.05, 4.69) is 4.98 Å². The van der Waals surface area contributed by atoms with Crippen molar-refractivity contribution in [3.05, 3.63) is 82.6 Å². The average molecular weight is 429 g/mol. The van der Waals surface area contributed by atoms with E-state index in [-0.39, 0.29) is 17.9 Å². The van der Waals surface area contributed by atoms with Gasteiger partial charge in [0.15, 0.2) is 0 Å². The van der Waals surface area contributed by atoms with Crippen LogP contribution in [-0.2, 0) is 11.3 Å². The van der Waals surface area contributed by atoms with Gasteiger partial charge in [-0.1, -0.05) is 24.3 Å². The minimum absolute atomic E-state index is 0.159. The molecule has 4 rings (SSSR count). The van der Waals surface area contributed by atoms with E-state index < -0.39 is 30.9 Å². The molecule has 1 saturated heterocycles. The maximum Gasteiger partial charge on any atom is 0.488 e. The lowest BCUT2D eigenvalue weighted by atomic mass is 9.67. The van der Waals surface area contributed by atoms with Gasteiger partial charge in [0.05, 0.1) is 17.2 Å². The molecule has 1 fully saturated rings. The molecule has 0 radical (unpaired) electrons. The summed E-state index contributed by atoms with van der Waals surface area (Å²) in [5.41, 5.74) is 6.31. The van der Waals surface area contributed by atoms with Gasteiger partial charge in [0.2, 0.25) is 0 Å². The molecule has 0 spiro atoms. The monoisotopic (exact) mass is 429 g/mol. The van der Waals surface area contributed by atoms with Crippen molar-refractivity contribution < 1.29 is 27.6 Å². The highest BCUT2D eigenvalue weighted by molar-refractivity contribution is 6.53. The van der Waals surface area contributed by atoms with Crippen LogP contribution >= 0.6 is 0 Å². The number of fused-ring (bicyclic) bond motifs is 1. The van der Waals surface area contributed by atoms with Crippen LogP contribution in [0.15, 0.2) is 65.9 Å². The van der Waals surface area contributed by atoms with Crippen LogP contribution in [0, 0.1) is 11.3 Å². The first kappa shape index (κ1) is 21.1. The van der Waals surface area contributed by atoms with Crippen LogP contribution in [-0.4, -0.2) is 29.1 Å². The molecule has 1 aromatic carbocycles. The predicted octanol–water partition coefficient (Wildman–Crippen LogP) is 3.47. The molecule has 0 amide bonds. The molecular formula is C21H19BF3N3O3. The van der Waals surface area contributed by atoms with Crippen molar-refractivity contribution in [2.75, 3.05) is 0 Å². The summed E-state index contributed by atoms with van der Waals surface area (Å²) in [6.45, 7) is 0.168. The van der Waals surface area contributed by atoms with Crippen molar-refractivity contribution in [3.8, 4) is 5.75 Å². The summed E-state index contributed by atoms with van der Waals surface area (Å²) in [5, 5.41) is 18.0. The molecule has 2 aromatic rings. The SMILES string of the molecule is N=C(N)c1ccc([C@@H]2OB(O)C3=C(C(F)(F)F)C=CCC32)cc1OCc1cccnc1. The third-order valence-corrected chi connectivity index (χ3v) is 5.34. The Labute approximate surface area is 176 Å². The van der Waals surface area contributed by atoms with E-state index in [1.807, 2.05) is 6.07 Å². The number of nitrogens with zero attached hydrogens (tertiary/aromatic N) is 1. The maximum atomic E-state index is 13.4. The largest absolute Gasteiger partial charge is 0.488 e. The zero-order valence-electron chi connectivity index (χ0n) is 16.3. The Morgan fingerprint density at radius 2 is 2.16 bits per heavy atom. The molecule has 0 bridgehead atoms. The molecule has 1 aliphatic carbocycles. The van der Waals surface area contributed by atoms with E-state index in [9.17, 15) is 18.2 Å². The standard InChI is InChI=1S/C21H19BF3N3O3/c23-21(24,25)16-5-1-4-15-18(16)22(29)31-19(15)13-6-7-14(20(26)27)17(9-13)30-11-12-3-2-8-28-10-12/h1-3,5-10,15,19,29H,4,11H2,(H3,26,27)/t15?,19-/m0/s1. The highest BCUT2D eigenvalue weighted by Crippen LogP contribution is 2.48. The number of allylic oxidation sites excluding steroid dienone is 3. The molecule has 160 valence electrons. The van der Waals surface area contributed by atoms with Gasteiger partial charge in [0.25, 0.3) is 0 Å². The molecule has 0 saturated carbocycles. The summed E-state index contributed by atoms with van der Waals surface area (Å²) in [7, 11) is -1.65. The zero-order valence-corrected chi connectivity index (χ0v) is 16.3. The first-order chi connectivity index (χ1) is 14.8. The molecule has 2 aliphatic rings. The molecule has 1 aliphatic heterocycles. The minimum atomic E-state index is -4.58. The Bertz CT molecular complexity index is 1060. The van der Waals surface area contributed by atoms with Crippen molar-refractivity contribution in [2.24, 2.45) is 11.7 Å². The molecule has 10 heteroatoms. The van der Waals surface area contributed by atoms with E-state index in [1.54, 1.807) is 36.7 Å². The Morgan fingerprint density at radius 1 is 1.35 bits per heavy atom. The lowest BCUT2D eigenvalue weighted by Gasteiger charge is -2.24. The van der Waals surface area contributed by atoms with Gasteiger partial charge < -0.3 is 20.1 Å². The van der Waals surface area contributed by atoms with Gasteiger partial charge in [-0.25, -0.2) is 0 Å². The number of nitrogen functional groups attached to an aromatic ring is 1. The van der Waals surface area contributed by atoms with Gasteiger partial charge in [0.1, 0.15) is 18.2 Å².